The maximum absolute atomic E-state index is 14.2. The summed E-state index contributed by atoms with van der Waals surface area (Å²) < 4.78 is 17.5. The van der Waals surface area contributed by atoms with Crippen molar-refractivity contribution in [3.63, 3.8) is 0 Å². The zero-order valence-electron chi connectivity index (χ0n) is 17.1. The number of carbonyl (C=O) groups excluding carboxylic acids is 1. The topological polar surface area (TPSA) is 89.2 Å². The van der Waals surface area contributed by atoms with Gasteiger partial charge < -0.3 is 19.6 Å². The number of benzene rings is 2. The molecule has 2 N–H and O–H groups in total. The van der Waals surface area contributed by atoms with Crippen molar-refractivity contribution in [2.45, 2.75) is 32.4 Å². The van der Waals surface area contributed by atoms with Gasteiger partial charge in [-0.15, -0.1) is 0 Å². The van der Waals surface area contributed by atoms with Gasteiger partial charge in [0.2, 0.25) is 0 Å². The third kappa shape index (κ3) is 2.90. The lowest BCUT2D eigenvalue weighted by molar-refractivity contribution is 0.0945. The Bertz CT molecular complexity index is 1440. The van der Waals surface area contributed by atoms with Crippen LogP contribution in [0.4, 0.5) is 4.39 Å². The molecule has 0 radical (unpaired) electrons. The van der Waals surface area contributed by atoms with Gasteiger partial charge in [0, 0.05) is 18.5 Å². The van der Waals surface area contributed by atoms with Gasteiger partial charge in [0.05, 0.1) is 23.1 Å². The van der Waals surface area contributed by atoms with Gasteiger partial charge >= 0.3 is 0 Å². The van der Waals surface area contributed by atoms with E-state index < -0.39 is 23.0 Å². The highest BCUT2D eigenvalue weighted by atomic mass is 19.1. The van der Waals surface area contributed by atoms with Crippen molar-refractivity contribution in [2.24, 2.45) is 7.05 Å². The summed E-state index contributed by atoms with van der Waals surface area (Å²) in [6.45, 7) is 1.95. The van der Waals surface area contributed by atoms with Crippen LogP contribution in [0, 0.1) is 5.82 Å². The Kier molecular flexibility index (Phi) is 4.32. The number of pyridine rings is 1. The van der Waals surface area contributed by atoms with Gasteiger partial charge in [0.15, 0.2) is 0 Å². The van der Waals surface area contributed by atoms with Crippen LogP contribution in [0.3, 0.4) is 0 Å². The minimum absolute atomic E-state index is 0.0743. The van der Waals surface area contributed by atoms with Crippen molar-refractivity contribution in [1.82, 2.24) is 19.4 Å². The Balaban J connectivity index is 1.57. The summed E-state index contributed by atoms with van der Waals surface area (Å²) in [5.41, 5.74) is 1.91. The van der Waals surface area contributed by atoms with E-state index in [-0.39, 0.29) is 23.5 Å². The first-order chi connectivity index (χ1) is 14.9. The van der Waals surface area contributed by atoms with Crippen LogP contribution in [0.2, 0.25) is 0 Å². The number of hydrogen-bond donors (Lipinski definition) is 2. The number of aromatic hydroxyl groups is 1. The van der Waals surface area contributed by atoms with Gasteiger partial charge in [0.25, 0.3) is 11.5 Å². The summed E-state index contributed by atoms with van der Waals surface area (Å²) in [5.74, 6) is -1.11. The Morgan fingerprint density at radius 2 is 2.10 bits per heavy atom. The second-order valence-corrected chi connectivity index (χ2v) is 8.01. The van der Waals surface area contributed by atoms with E-state index in [1.54, 1.807) is 0 Å². The number of aryl methyl sites for hydroxylation is 2. The van der Waals surface area contributed by atoms with E-state index in [2.05, 4.69) is 10.3 Å². The van der Waals surface area contributed by atoms with E-state index in [9.17, 15) is 19.1 Å². The number of para-hydroxylation sites is 2. The van der Waals surface area contributed by atoms with Crippen molar-refractivity contribution >= 4 is 27.8 Å². The second kappa shape index (κ2) is 6.94. The predicted molar refractivity (Wildman–Crippen MR) is 115 cm³/mol. The van der Waals surface area contributed by atoms with Crippen molar-refractivity contribution in [3.8, 4) is 5.75 Å². The maximum atomic E-state index is 14.2. The molecule has 158 valence electrons. The van der Waals surface area contributed by atoms with Gasteiger partial charge in [-0.25, -0.2) is 9.37 Å². The molecule has 0 aliphatic carbocycles. The number of carbonyl (C=O) groups is 1. The summed E-state index contributed by atoms with van der Waals surface area (Å²) in [6.07, 6.45) is 1.25. The molecule has 3 heterocycles. The molecule has 0 saturated heterocycles. The van der Waals surface area contributed by atoms with Crippen molar-refractivity contribution < 1.29 is 14.3 Å². The fraction of sp³-hybridized carbons (Fsp3) is 0.261. The molecule has 1 aliphatic rings. The summed E-state index contributed by atoms with van der Waals surface area (Å²) >= 11 is 0. The lowest BCUT2D eigenvalue weighted by Gasteiger charge is -2.26. The molecule has 5 rings (SSSR count). The molecule has 7 nitrogen and oxygen atoms in total. The largest absolute Gasteiger partial charge is 0.506 e. The summed E-state index contributed by atoms with van der Waals surface area (Å²) in [7, 11) is 1.84. The van der Waals surface area contributed by atoms with Gasteiger partial charge in [-0.2, -0.15) is 0 Å². The molecule has 1 aliphatic heterocycles. The Hall–Kier alpha value is -3.68. The molecule has 0 fully saturated rings. The first-order valence-electron chi connectivity index (χ1n) is 10.1. The van der Waals surface area contributed by atoms with E-state index >= 15 is 0 Å². The van der Waals surface area contributed by atoms with E-state index in [1.165, 1.54) is 16.7 Å². The van der Waals surface area contributed by atoms with E-state index in [1.807, 2.05) is 42.8 Å². The molecular formula is C23H21FN4O3. The Morgan fingerprint density at radius 1 is 1.32 bits per heavy atom. The zero-order valence-corrected chi connectivity index (χ0v) is 17.1. The molecule has 8 heteroatoms. The molecular weight excluding hydrogens is 399 g/mol. The zero-order chi connectivity index (χ0) is 21.9. The van der Waals surface area contributed by atoms with Crippen LogP contribution in [0.5, 0.6) is 5.75 Å². The van der Waals surface area contributed by atoms with Gasteiger partial charge in [-0.3, -0.25) is 9.59 Å². The minimum Gasteiger partial charge on any atom is -0.506 e. The fourth-order valence-corrected chi connectivity index (χ4v) is 4.49. The average Bonchev–Trinajstić information content (AvgIpc) is 3.07. The monoisotopic (exact) mass is 420 g/mol. The molecule has 4 aromatic rings. The van der Waals surface area contributed by atoms with E-state index in [0.717, 1.165) is 11.0 Å². The van der Waals surface area contributed by atoms with Gasteiger partial charge in [-0.05, 0) is 49.6 Å². The molecule has 2 aromatic carbocycles. The van der Waals surface area contributed by atoms with Crippen LogP contribution < -0.4 is 10.9 Å². The number of nitrogens with one attached hydrogen (secondary N) is 1. The number of rotatable bonds is 3. The van der Waals surface area contributed by atoms with Crippen LogP contribution in [-0.2, 0) is 20.0 Å². The summed E-state index contributed by atoms with van der Waals surface area (Å²) in [4.78, 5) is 30.7. The van der Waals surface area contributed by atoms with Crippen LogP contribution in [0.1, 0.15) is 41.1 Å². The SMILES string of the molecule is CC1CCc2cc(F)cc3c(O)c(C(=O)NCc4nc5ccccc5n4C)c(=O)n1c23. The van der Waals surface area contributed by atoms with Crippen LogP contribution >= 0.6 is 0 Å². The molecule has 1 unspecified atom stereocenters. The molecule has 0 spiro atoms. The summed E-state index contributed by atoms with van der Waals surface area (Å²) in [6, 6.07) is 9.97. The van der Waals surface area contributed by atoms with Crippen molar-refractivity contribution in [3.05, 3.63) is 69.5 Å². The first kappa shape index (κ1) is 19.3. The summed E-state index contributed by atoms with van der Waals surface area (Å²) in [5, 5.41) is 13.6. The van der Waals surface area contributed by atoms with Crippen LogP contribution in [0.25, 0.3) is 21.9 Å². The number of imidazole rings is 1. The molecule has 2 aromatic heterocycles. The predicted octanol–water partition coefficient (Wildman–Crippen LogP) is 3.17. The number of fused-ring (bicyclic) bond motifs is 1. The van der Waals surface area contributed by atoms with E-state index in [4.69, 9.17) is 0 Å². The molecule has 0 bridgehead atoms. The highest BCUT2D eigenvalue weighted by Gasteiger charge is 2.28. The fourth-order valence-electron chi connectivity index (χ4n) is 4.49. The lowest BCUT2D eigenvalue weighted by atomic mass is 9.95. The highest BCUT2D eigenvalue weighted by Crippen LogP contribution is 2.35. The average molecular weight is 420 g/mol. The standard InChI is InChI=1S/C23H21FN4O3/c1-12-7-8-13-9-14(24)10-15-20(13)28(12)23(31)19(21(15)29)22(30)25-11-18-26-16-5-3-4-6-17(16)27(18)2/h3-6,9-10,12,29H,7-8,11H2,1-2H3,(H,25,30). The first-order valence-corrected chi connectivity index (χ1v) is 10.1. The molecule has 0 saturated carbocycles. The quantitative estimate of drug-likeness (QED) is 0.533. The second-order valence-electron chi connectivity index (χ2n) is 8.01. The number of amides is 1. The molecule has 1 amide bonds. The smallest absolute Gasteiger partial charge is 0.267 e. The van der Waals surface area contributed by atoms with Crippen LogP contribution in [0.15, 0.2) is 41.2 Å². The normalized spacial score (nSPS) is 15.5. The number of aromatic nitrogens is 3. The van der Waals surface area contributed by atoms with Gasteiger partial charge in [0.1, 0.15) is 23.0 Å². The third-order valence-corrected chi connectivity index (χ3v) is 6.11. The number of halogens is 1. The highest BCUT2D eigenvalue weighted by molar-refractivity contribution is 6.03. The van der Waals surface area contributed by atoms with E-state index in [0.29, 0.717) is 29.7 Å². The third-order valence-electron chi connectivity index (χ3n) is 6.11. The van der Waals surface area contributed by atoms with Crippen molar-refractivity contribution in [2.75, 3.05) is 0 Å². The Labute approximate surface area is 176 Å². The van der Waals surface area contributed by atoms with Crippen molar-refractivity contribution in [1.29, 1.82) is 0 Å². The number of hydrogen-bond acceptors (Lipinski definition) is 4. The van der Waals surface area contributed by atoms with Gasteiger partial charge in [-0.1, -0.05) is 12.1 Å². The minimum atomic E-state index is -0.719. The maximum Gasteiger partial charge on any atom is 0.267 e. The molecule has 1 atom stereocenters. The Morgan fingerprint density at radius 3 is 2.87 bits per heavy atom. The van der Waals surface area contributed by atoms with Crippen LogP contribution in [-0.4, -0.2) is 25.1 Å². The lowest BCUT2D eigenvalue weighted by Crippen LogP contribution is -2.36. The molecule has 31 heavy (non-hydrogen) atoms. The number of nitrogens with zero attached hydrogens (tertiary/aromatic N) is 3.